The molecule has 0 unspecified atom stereocenters. The first kappa shape index (κ1) is 3.22. The van der Waals surface area contributed by atoms with Gasteiger partial charge in [-0.25, -0.2) is 0 Å². The second kappa shape index (κ2) is 1.46. The van der Waals surface area contributed by atoms with Gasteiger partial charge in [-0.3, -0.25) is 0 Å². The smallest absolute Gasteiger partial charge is 0.292 e. The fourth-order valence-electron chi connectivity index (χ4n) is 0.417. The molecular formula is C3H6BO. The molecule has 0 aromatic rings. The molecule has 5 heavy (non-hydrogen) atoms. The maximum Gasteiger partial charge on any atom is 0.292 e. The summed E-state index contributed by atoms with van der Waals surface area (Å²) in [6.45, 7) is 0.944. The predicted molar refractivity (Wildman–Crippen MR) is 21.1 cm³/mol. The summed E-state index contributed by atoms with van der Waals surface area (Å²) in [6, 6.07) is 0. The van der Waals surface area contributed by atoms with Crippen LogP contribution in [0.3, 0.4) is 0 Å². The van der Waals surface area contributed by atoms with Crippen molar-refractivity contribution < 1.29 is 4.65 Å². The van der Waals surface area contributed by atoms with Crippen LogP contribution >= 0.6 is 0 Å². The van der Waals surface area contributed by atoms with Gasteiger partial charge in [0.25, 0.3) is 7.48 Å². The van der Waals surface area contributed by atoms with Gasteiger partial charge in [0.05, 0.1) is 0 Å². The molecule has 1 rings (SSSR count). The molecule has 2 heteroatoms. The van der Waals surface area contributed by atoms with E-state index in [4.69, 9.17) is 4.65 Å². The van der Waals surface area contributed by atoms with Crippen molar-refractivity contribution in [1.29, 1.82) is 0 Å². The van der Waals surface area contributed by atoms with Crippen molar-refractivity contribution >= 4 is 7.48 Å². The second-order valence-corrected chi connectivity index (χ2v) is 1.18. The van der Waals surface area contributed by atoms with Gasteiger partial charge in [0, 0.05) is 6.61 Å². The van der Waals surface area contributed by atoms with E-state index < -0.39 is 0 Å². The van der Waals surface area contributed by atoms with Crippen LogP contribution in [0.1, 0.15) is 6.42 Å². The minimum Gasteiger partial charge on any atom is -0.441 e. The Hall–Kier alpha value is 0.0249. The number of rotatable bonds is 0. The van der Waals surface area contributed by atoms with Gasteiger partial charge in [-0.05, 0) is 12.7 Å². The van der Waals surface area contributed by atoms with Gasteiger partial charge >= 0.3 is 0 Å². The third-order valence-corrected chi connectivity index (χ3v) is 0.702. The van der Waals surface area contributed by atoms with Crippen molar-refractivity contribution in [1.82, 2.24) is 0 Å². The van der Waals surface area contributed by atoms with Gasteiger partial charge in [0.2, 0.25) is 0 Å². The van der Waals surface area contributed by atoms with Crippen molar-refractivity contribution in [2.45, 2.75) is 12.7 Å². The van der Waals surface area contributed by atoms with Crippen molar-refractivity contribution in [3.8, 4) is 0 Å². The standard InChI is InChI=1S/C3H6BO/c1-2-4-5-3-1/h1-3H2. The van der Waals surface area contributed by atoms with Gasteiger partial charge in [0.15, 0.2) is 0 Å². The zero-order valence-electron chi connectivity index (χ0n) is 3.11. The van der Waals surface area contributed by atoms with Gasteiger partial charge in [-0.2, -0.15) is 0 Å². The largest absolute Gasteiger partial charge is 0.441 e. The summed E-state index contributed by atoms with van der Waals surface area (Å²) in [5.41, 5.74) is 0. The first-order valence-electron chi connectivity index (χ1n) is 1.93. The minimum absolute atomic E-state index is 0.944. The molecule has 0 aromatic heterocycles. The van der Waals surface area contributed by atoms with E-state index in [1.54, 1.807) is 0 Å². The summed E-state index contributed by atoms with van der Waals surface area (Å²) in [6.07, 6.45) is 2.38. The summed E-state index contributed by atoms with van der Waals surface area (Å²) in [5, 5.41) is 0. The lowest BCUT2D eigenvalue weighted by atomic mass is 9.98. The Bertz CT molecular complexity index is 18.5. The Kier molecular flexibility index (Phi) is 0.940. The Morgan fingerprint density at radius 1 is 1.60 bits per heavy atom. The third-order valence-electron chi connectivity index (χ3n) is 0.702. The maximum atomic E-state index is 4.82. The van der Waals surface area contributed by atoms with E-state index in [9.17, 15) is 0 Å². The van der Waals surface area contributed by atoms with Crippen LogP contribution in [0.5, 0.6) is 0 Å². The average Bonchev–Trinajstić information content (AvgIpc) is 1.76. The third kappa shape index (κ3) is 0.654. The summed E-state index contributed by atoms with van der Waals surface area (Å²) in [5.74, 6) is 0. The van der Waals surface area contributed by atoms with Crippen molar-refractivity contribution in [3.63, 3.8) is 0 Å². The van der Waals surface area contributed by atoms with Crippen molar-refractivity contribution in [2.75, 3.05) is 6.61 Å². The van der Waals surface area contributed by atoms with E-state index in [0.717, 1.165) is 12.9 Å². The Labute approximate surface area is 32.6 Å². The highest BCUT2D eigenvalue weighted by Crippen LogP contribution is 1.97. The summed E-state index contributed by atoms with van der Waals surface area (Å²) in [4.78, 5) is 0. The van der Waals surface area contributed by atoms with Crippen LogP contribution in [0.25, 0.3) is 0 Å². The molecule has 1 heterocycles. The first-order chi connectivity index (χ1) is 2.50. The van der Waals surface area contributed by atoms with Crippen LogP contribution in [0.2, 0.25) is 6.32 Å². The number of hydrogen-bond acceptors (Lipinski definition) is 1. The zero-order chi connectivity index (χ0) is 3.54. The predicted octanol–water partition coefficient (Wildman–Crippen LogP) is 0.444. The van der Waals surface area contributed by atoms with Crippen LogP contribution in [0.15, 0.2) is 0 Å². The summed E-state index contributed by atoms with van der Waals surface area (Å²) in [7, 11) is 1.86. The molecule has 0 spiro atoms. The normalized spacial score (nSPS) is 22.4. The molecule has 0 aliphatic carbocycles. The first-order valence-corrected chi connectivity index (χ1v) is 1.93. The van der Waals surface area contributed by atoms with Crippen molar-refractivity contribution in [2.24, 2.45) is 0 Å². The van der Waals surface area contributed by atoms with E-state index in [2.05, 4.69) is 0 Å². The lowest BCUT2D eigenvalue weighted by molar-refractivity contribution is 0.374. The molecule has 27 valence electrons. The summed E-state index contributed by atoms with van der Waals surface area (Å²) < 4.78 is 4.82. The fourth-order valence-corrected chi connectivity index (χ4v) is 0.417. The molecule has 0 atom stereocenters. The molecule has 0 aromatic carbocycles. The van der Waals surface area contributed by atoms with E-state index >= 15 is 0 Å². The molecule has 1 fully saturated rings. The zero-order valence-corrected chi connectivity index (χ0v) is 3.11. The van der Waals surface area contributed by atoms with Crippen LogP contribution in [-0.2, 0) is 4.65 Å². The fraction of sp³-hybridized carbons (Fsp3) is 1.00. The molecule has 1 saturated heterocycles. The molecule has 0 N–H and O–H groups in total. The SMILES string of the molecule is [B]1CCCO1. The highest BCUT2D eigenvalue weighted by molar-refractivity contribution is 6.27. The molecule has 0 amide bonds. The highest BCUT2D eigenvalue weighted by atomic mass is 16.4. The van der Waals surface area contributed by atoms with Gasteiger partial charge in [-0.15, -0.1) is 0 Å². The molecule has 1 radical (unpaired) electrons. The average molecular weight is 68.9 g/mol. The molecule has 1 aliphatic heterocycles. The van der Waals surface area contributed by atoms with E-state index in [-0.39, 0.29) is 0 Å². The topological polar surface area (TPSA) is 9.23 Å². The molecule has 0 saturated carbocycles. The molecule has 0 bridgehead atoms. The van der Waals surface area contributed by atoms with Crippen LogP contribution in [0.4, 0.5) is 0 Å². The van der Waals surface area contributed by atoms with Crippen LogP contribution < -0.4 is 0 Å². The Balaban J connectivity index is 2.08. The molecule has 1 nitrogen and oxygen atoms in total. The lowest BCUT2D eigenvalue weighted by Crippen LogP contribution is -1.80. The van der Waals surface area contributed by atoms with Crippen LogP contribution in [-0.4, -0.2) is 14.1 Å². The second-order valence-electron chi connectivity index (χ2n) is 1.18. The van der Waals surface area contributed by atoms with Crippen LogP contribution in [0, 0.1) is 0 Å². The Morgan fingerprint density at radius 2 is 2.60 bits per heavy atom. The maximum absolute atomic E-state index is 4.82. The highest BCUT2D eigenvalue weighted by Gasteiger charge is 1.98. The molecular weight excluding hydrogens is 62.8 g/mol. The quantitative estimate of drug-likeness (QED) is 0.375. The summed E-state index contributed by atoms with van der Waals surface area (Å²) >= 11 is 0. The number of hydrogen-bond donors (Lipinski definition) is 0. The van der Waals surface area contributed by atoms with E-state index in [1.807, 2.05) is 7.48 Å². The van der Waals surface area contributed by atoms with Gasteiger partial charge in [-0.1, -0.05) is 0 Å². The van der Waals surface area contributed by atoms with Crippen molar-refractivity contribution in [3.05, 3.63) is 0 Å². The lowest BCUT2D eigenvalue weighted by Gasteiger charge is -1.76. The van der Waals surface area contributed by atoms with Gasteiger partial charge in [0.1, 0.15) is 0 Å². The monoisotopic (exact) mass is 69.1 g/mol. The Morgan fingerprint density at radius 3 is 2.80 bits per heavy atom. The minimum atomic E-state index is 0.944. The van der Waals surface area contributed by atoms with E-state index in [1.165, 1.54) is 6.42 Å². The molecule has 1 aliphatic rings. The van der Waals surface area contributed by atoms with E-state index in [0.29, 0.717) is 0 Å². The van der Waals surface area contributed by atoms with Gasteiger partial charge < -0.3 is 4.65 Å².